The Morgan fingerprint density at radius 3 is 2.59 bits per heavy atom. The molecule has 0 aliphatic carbocycles. The number of carbonyl (C=O) groups excluding carboxylic acids is 4. The van der Waals surface area contributed by atoms with E-state index in [-0.39, 0.29) is 12.3 Å². The molecule has 0 saturated carbocycles. The normalized spacial score (nSPS) is 16.4. The molecular weight excluding hydrogens is 348 g/mol. The predicted molar refractivity (Wildman–Crippen MR) is 102 cm³/mol. The van der Waals surface area contributed by atoms with Crippen LogP contribution in [0.1, 0.15) is 31.2 Å². The monoisotopic (exact) mass is 374 g/mol. The van der Waals surface area contributed by atoms with Crippen LogP contribution in [0.25, 0.3) is 0 Å². The van der Waals surface area contributed by atoms with Crippen molar-refractivity contribution in [1.29, 1.82) is 0 Å². The van der Waals surface area contributed by atoms with Crippen LogP contribution in [0, 0.1) is 0 Å². The summed E-state index contributed by atoms with van der Waals surface area (Å²) < 4.78 is 0. The van der Waals surface area contributed by atoms with E-state index in [1.54, 1.807) is 0 Å². The molecule has 1 aliphatic heterocycles. The lowest BCUT2D eigenvalue weighted by Gasteiger charge is -2.32. The summed E-state index contributed by atoms with van der Waals surface area (Å²) in [6.07, 6.45) is 4.52. The maximum Gasteiger partial charge on any atom is 0.249 e. The van der Waals surface area contributed by atoms with E-state index in [1.807, 2.05) is 37.2 Å². The lowest BCUT2D eigenvalue weighted by atomic mass is 10.0. The van der Waals surface area contributed by atoms with Crippen molar-refractivity contribution in [1.82, 2.24) is 10.6 Å². The summed E-state index contributed by atoms with van der Waals surface area (Å²) in [5.41, 5.74) is 2.58. The van der Waals surface area contributed by atoms with E-state index in [0.717, 1.165) is 30.5 Å². The molecule has 0 aromatic heterocycles. The van der Waals surface area contributed by atoms with Crippen LogP contribution < -0.4 is 20.4 Å². The predicted octanol–water partition coefficient (Wildman–Crippen LogP) is 0.589. The second kappa shape index (κ2) is 9.70. The zero-order valence-corrected chi connectivity index (χ0v) is 15.7. The number of carbonyl (C=O) groups is 4. The Morgan fingerprint density at radius 1 is 1.19 bits per heavy atom. The van der Waals surface area contributed by atoms with Crippen molar-refractivity contribution in [2.45, 2.75) is 38.1 Å². The summed E-state index contributed by atoms with van der Waals surface area (Å²) in [5.74, 6) is -0.760. The van der Waals surface area contributed by atoms with Gasteiger partial charge < -0.3 is 15.1 Å². The Morgan fingerprint density at radius 2 is 1.96 bits per heavy atom. The van der Waals surface area contributed by atoms with E-state index in [4.69, 9.17) is 0 Å². The second-order valence-corrected chi connectivity index (χ2v) is 6.73. The van der Waals surface area contributed by atoms with Crippen molar-refractivity contribution < 1.29 is 19.2 Å². The Hall–Kier alpha value is -2.90. The maximum atomic E-state index is 12.2. The first kappa shape index (κ1) is 20.4. The number of hydrogen-bond acceptors (Lipinski definition) is 5. The quantitative estimate of drug-likeness (QED) is 0.355. The van der Waals surface area contributed by atoms with Crippen molar-refractivity contribution in [3.05, 3.63) is 23.8 Å². The molecule has 1 aliphatic rings. The van der Waals surface area contributed by atoms with E-state index < -0.39 is 11.9 Å². The highest BCUT2D eigenvalue weighted by atomic mass is 16.2. The minimum absolute atomic E-state index is 0.213. The van der Waals surface area contributed by atoms with Gasteiger partial charge in [-0.2, -0.15) is 0 Å². The van der Waals surface area contributed by atoms with Gasteiger partial charge in [0.25, 0.3) is 0 Å². The molecule has 4 amide bonds. The SMILES string of the molecule is CN(C)c1cc(CCCCNC=O)ccc1N(C=O)C1CCC(=O)NC1=O. The lowest BCUT2D eigenvalue weighted by molar-refractivity contribution is -0.134. The number of anilines is 2. The van der Waals surface area contributed by atoms with Gasteiger partial charge in [-0.15, -0.1) is 0 Å². The Kier molecular flexibility index (Phi) is 7.34. The first-order valence-electron chi connectivity index (χ1n) is 9.02. The van der Waals surface area contributed by atoms with Crippen LogP contribution >= 0.6 is 0 Å². The number of amides is 4. The van der Waals surface area contributed by atoms with Gasteiger partial charge >= 0.3 is 0 Å². The summed E-state index contributed by atoms with van der Waals surface area (Å²) in [6, 6.07) is 5.09. The molecule has 27 heavy (non-hydrogen) atoms. The summed E-state index contributed by atoms with van der Waals surface area (Å²) in [7, 11) is 3.76. The number of benzene rings is 1. The number of rotatable bonds is 10. The molecule has 1 aromatic rings. The fourth-order valence-electron chi connectivity index (χ4n) is 3.16. The highest BCUT2D eigenvalue weighted by Crippen LogP contribution is 2.32. The summed E-state index contributed by atoms with van der Waals surface area (Å²) in [5, 5.41) is 4.94. The third-order valence-electron chi connectivity index (χ3n) is 4.58. The standard InChI is InChI=1S/C19H26N4O4/c1-22(2)17-11-14(5-3-4-10-20-12-24)6-7-15(17)23(13-25)16-8-9-18(26)21-19(16)27/h6-7,11-13,16H,3-5,8-10H2,1-2H3,(H,20,24)(H,21,26,27). The molecule has 1 aromatic carbocycles. The number of nitrogens with one attached hydrogen (secondary N) is 2. The van der Waals surface area contributed by atoms with Crippen molar-refractivity contribution in [2.24, 2.45) is 0 Å². The Balaban J connectivity index is 2.18. The number of aryl methyl sites for hydroxylation is 1. The Labute approximate surface area is 158 Å². The highest BCUT2D eigenvalue weighted by Gasteiger charge is 2.33. The van der Waals surface area contributed by atoms with Gasteiger partial charge in [0.05, 0.1) is 11.4 Å². The van der Waals surface area contributed by atoms with Gasteiger partial charge in [-0.3, -0.25) is 24.5 Å². The van der Waals surface area contributed by atoms with E-state index in [0.29, 0.717) is 31.5 Å². The zero-order chi connectivity index (χ0) is 19.8. The summed E-state index contributed by atoms with van der Waals surface area (Å²) in [4.78, 5) is 48.9. The van der Waals surface area contributed by atoms with E-state index in [1.165, 1.54) is 4.90 Å². The topological polar surface area (TPSA) is 98.8 Å². The van der Waals surface area contributed by atoms with E-state index >= 15 is 0 Å². The van der Waals surface area contributed by atoms with Crippen molar-refractivity contribution in [3.63, 3.8) is 0 Å². The van der Waals surface area contributed by atoms with Crippen LogP contribution in [0.15, 0.2) is 18.2 Å². The van der Waals surface area contributed by atoms with Gasteiger partial charge in [0.1, 0.15) is 6.04 Å². The molecule has 146 valence electrons. The molecule has 0 spiro atoms. The summed E-state index contributed by atoms with van der Waals surface area (Å²) >= 11 is 0. The van der Waals surface area contributed by atoms with Crippen molar-refractivity contribution >= 4 is 36.0 Å². The number of nitrogens with zero attached hydrogens (tertiary/aromatic N) is 2. The number of unbranched alkanes of at least 4 members (excludes halogenated alkanes) is 1. The average Bonchev–Trinajstić information content (AvgIpc) is 2.64. The van der Waals surface area contributed by atoms with Gasteiger partial charge in [-0.1, -0.05) is 6.07 Å². The molecule has 1 unspecified atom stereocenters. The molecule has 2 rings (SSSR count). The molecule has 1 atom stereocenters. The van der Waals surface area contributed by atoms with Crippen LogP contribution in [0.4, 0.5) is 11.4 Å². The molecule has 0 radical (unpaired) electrons. The third-order valence-corrected chi connectivity index (χ3v) is 4.58. The minimum atomic E-state index is -0.695. The van der Waals surface area contributed by atoms with Crippen LogP contribution in [0.3, 0.4) is 0 Å². The molecular formula is C19H26N4O4. The maximum absolute atomic E-state index is 12.2. The minimum Gasteiger partial charge on any atom is -0.376 e. The average molecular weight is 374 g/mol. The molecule has 0 bridgehead atoms. The molecule has 1 saturated heterocycles. The molecule has 8 nitrogen and oxygen atoms in total. The van der Waals surface area contributed by atoms with Gasteiger partial charge in [0, 0.05) is 27.1 Å². The molecule has 2 N–H and O–H groups in total. The van der Waals surface area contributed by atoms with Crippen LogP contribution in [-0.2, 0) is 25.6 Å². The van der Waals surface area contributed by atoms with Crippen molar-refractivity contribution in [2.75, 3.05) is 30.4 Å². The van der Waals surface area contributed by atoms with E-state index in [9.17, 15) is 19.2 Å². The molecule has 8 heteroatoms. The Bertz CT molecular complexity index is 705. The number of piperidine rings is 1. The number of hydrogen-bond donors (Lipinski definition) is 2. The van der Waals surface area contributed by atoms with Gasteiger partial charge in [-0.05, 0) is 43.4 Å². The molecule has 1 heterocycles. The summed E-state index contributed by atoms with van der Waals surface area (Å²) in [6.45, 7) is 0.649. The third kappa shape index (κ3) is 5.29. The second-order valence-electron chi connectivity index (χ2n) is 6.73. The van der Waals surface area contributed by atoms with Gasteiger partial charge in [0.15, 0.2) is 0 Å². The zero-order valence-electron chi connectivity index (χ0n) is 15.7. The highest BCUT2D eigenvalue weighted by molar-refractivity contribution is 6.04. The lowest BCUT2D eigenvalue weighted by Crippen LogP contribution is -2.52. The largest absolute Gasteiger partial charge is 0.376 e. The smallest absolute Gasteiger partial charge is 0.249 e. The fraction of sp³-hybridized carbons (Fsp3) is 0.474. The first-order valence-corrected chi connectivity index (χ1v) is 9.02. The van der Waals surface area contributed by atoms with Crippen LogP contribution in [0.2, 0.25) is 0 Å². The number of imide groups is 1. The first-order chi connectivity index (χ1) is 13.0. The molecule has 1 fully saturated rings. The van der Waals surface area contributed by atoms with E-state index in [2.05, 4.69) is 10.6 Å². The van der Waals surface area contributed by atoms with Crippen LogP contribution in [0.5, 0.6) is 0 Å². The van der Waals surface area contributed by atoms with Crippen LogP contribution in [-0.4, -0.2) is 51.3 Å². The van der Waals surface area contributed by atoms with Crippen molar-refractivity contribution in [3.8, 4) is 0 Å². The fourth-order valence-corrected chi connectivity index (χ4v) is 3.16. The van der Waals surface area contributed by atoms with Gasteiger partial charge in [0.2, 0.25) is 24.6 Å². The van der Waals surface area contributed by atoms with Gasteiger partial charge in [-0.25, -0.2) is 0 Å².